The zero-order valence-electron chi connectivity index (χ0n) is 6.64. The lowest BCUT2D eigenvalue weighted by Crippen LogP contribution is -2.34. The van der Waals surface area contributed by atoms with Crippen molar-refractivity contribution < 1.29 is 5.11 Å². The molecule has 0 saturated heterocycles. The highest BCUT2D eigenvalue weighted by atomic mass is 16.3. The van der Waals surface area contributed by atoms with Crippen molar-refractivity contribution in [1.82, 2.24) is 5.32 Å². The van der Waals surface area contributed by atoms with Gasteiger partial charge in [-0.05, 0) is 25.8 Å². The Morgan fingerprint density at radius 1 is 1.30 bits per heavy atom. The minimum atomic E-state index is -0.264. The highest BCUT2D eigenvalue weighted by molar-refractivity contribution is 4.70. The van der Waals surface area contributed by atoms with Crippen molar-refractivity contribution in [2.24, 2.45) is 5.92 Å². The van der Waals surface area contributed by atoms with Crippen molar-refractivity contribution in [2.45, 2.75) is 38.3 Å². The van der Waals surface area contributed by atoms with Crippen molar-refractivity contribution in [3.8, 4) is 0 Å². The third-order valence-electron chi connectivity index (χ3n) is 2.39. The third-order valence-corrected chi connectivity index (χ3v) is 2.39. The molecule has 0 radical (unpaired) electrons. The van der Waals surface area contributed by atoms with Gasteiger partial charge in [0, 0.05) is 0 Å². The molecule has 10 heavy (non-hydrogen) atoms. The van der Waals surface area contributed by atoms with E-state index in [-0.39, 0.29) is 6.23 Å². The van der Waals surface area contributed by atoms with Crippen LogP contribution in [0.25, 0.3) is 0 Å². The van der Waals surface area contributed by atoms with E-state index in [0.717, 1.165) is 0 Å². The van der Waals surface area contributed by atoms with Crippen LogP contribution in [-0.2, 0) is 0 Å². The van der Waals surface area contributed by atoms with Crippen molar-refractivity contribution in [3.05, 3.63) is 0 Å². The maximum Gasteiger partial charge on any atom is 0.107 e. The molecule has 2 nitrogen and oxygen atoms in total. The average molecular weight is 143 g/mol. The van der Waals surface area contributed by atoms with Crippen molar-refractivity contribution in [3.63, 3.8) is 0 Å². The second-order valence-electron chi connectivity index (χ2n) is 3.13. The van der Waals surface area contributed by atoms with Crippen molar-refractivity contribution in [1.29, 1.82) is 0 Å². The summed E-state index contributed by atoms with van der Waals surface area (Å²) in [5.41, 5.74) is 0. The van der Waals surface area contributed by atoms with E-state index in [1.165, 1.54) is 32.1 Å². The fourth-order valence-corrected chi connectivity index (χ4v) is 1.69. The minimum Gasteiger partial charge on any atom is -0.378 e. The first-order valence-electron chi connectivity index (χ1n) is 4.20. The van der Waals surface area contributed by atoms with Crippen molar-refractivity contribution >= 4 is 0 Å². The monoisotopic (exact) mass is 143 g/mol. The quantitative estimate of drug-likeness (QED) is 0.567. The zero-order chi connectivity index (χ0) is 7.40. The van der Waals surface area contributed by atoms with E-state index in [4.69, 9.17) is 0 Å². The Morgan fingerprint density at radius 3 is 2.40 bits per heavy atom. The van der Waals surface area contributed by atoms with E-state index in [0.29, 0.717) is 5.92 Å². The van der Waals surface area contributed by atoms with Crippen LogP contribution in [0.3, 0.4) is 0 Å². The van der Waals surface area contributed by atoms with Gasteiger partial charge in [-0.1, -0.05) is 19.3 Å². The molecule has 60 valence electrons. The van der Waals surface area contributed by atoms with Gasteiger partial charge in [-0.3, -0.25) is 5.32 Å². The van der Waals surface area contributed by atoms with Gasteiger partial charge in [-0.2, -0.15) is 0 Å². The molecule has 0 aromatic carbocycles. The number of aliphatic hydroxyl groups excluding tert-OH is 1. The molecule has 0 amide bonds. The van der Waals surface area contributed by atoms with Crippen LogP contribution in [0.4, 0.5) is 0 Å². The van der Waals surface area contributed by atoms with Crippen LogP contribution in [-0.4, -0.2) is 18.4 Å². The lowest BCUT2D eigenvalue weighted by molar-refractivity contribution is 0.0623. The molecule has 0 aromatic heterocycles. The van der Waals surface area contributed by atoms with Crippen LogP contribution in [0.15, 0.2) is 0 Å². The molecule has 1 unspecified atom stereocenters. The van der Waals surface area contributed by atoms with E-state index in [9.17, 15) is 5.11 Å². The van der Waals surface area contributed by atoms with Gasteiger partial charge in [0.25, 0.3) is 0 Å². The van der Waals surface area contributed by atoms with Crippen molar-refractivity contribution in [2.75, 3.05) is 7.05 Å². The molecule has 1 saturated carbocycles. The molecule has 0 heterocycles. The Balaban J connectivity index is 2.24. The topological polar surface area (TPSA) is 32.3 Å². The predicted octanol–water partition coefficient (Wildman–Crippen LogP) is 1.10. The van der Waals surface area contributed by atoms with Crippen LogP contribution in [0.1, 0.15) is 32.1 Å². The minimum absolute atomic E-state index is 0.264. The van der Waals surface area contributed by atoms with E-state index < -0.39 is 0 Å². The summed E-state index contributed by atoms with van der Waals surface area (Å²) in [6.45, 7) is 0. The number of hydrogen-bond donors (Lipinski definition) is 2. The largest absolute Gasteiger partial charge is 0.378 e. The molecule has 0 bridgehead atoms. The summed E-state index contributed by atoms with van der Waals surface area (Å²) < 4.78 is 0. The fourth-order valence-electron chi connectivity index (χ4n) is 1.69. The number of nitrogens with one attached hydrogen (secondary N) is 1. The normalized spacial score (nSPS) is 24.6. The predicted molar refractivity (Wildman–Crippen MR) is 41.6 cm³/mol. The molecule has 1 aliphatic rings. The molecular formula is C8H17NO. The average Bonchev–Trinajstić information content (AvgIpc) is 2.05. The van der Waals surface area contributed by atoms with E-state index in [1.54, 1.807) is 0 Å². The molecule has 1 rings (SSSR count). The number of rotatable bonds is 2. The number of hydrogen-bond acceptors (Lipinski definition) is 2. The van der Waals surface area contributed by atoms with Gasteiger partial charge in [0.2, 0.25) is 0 Å². The van der Waals surface area contributed by atoms with E-state index >= 15 is 0 Å². The first kappa shape index (κ1) is 8.02. The maximum atomic E-state index is 9.37. The van der Waals surface area contributed by atoms with Gasteiger partial charge < -0.3 is 5.11 Å². The summed E-state index contributed by atoms with van der Waals surface area (Å²) in [7, 11) is 1.82. The van der Waals surface area contributed by atoms with Gasteiger partial charge in [-0.15, -0.1) is 0 Å². The lowest BCUT2D eigenvalue weighted by Gasteiger charge is -2.25. The highest BCUT2D eigenvalue weighted by Crippen LogP contribution is 2.25. The van der Waals surface area contributed by atoms with Crippen LogP contribution in [0, 0.1) is 5.92 Å². The molecule has 1 aliphatic carbocycles. The molecule has 1 atom stereocenters. The standard InChI is InChI=1S/C8H17NO/c1-9-8(10)7-5-3-2-4-6-7/h7-10H,2-6H2,1H3. The second-order valence-corrected chi connectivity index (χ2v) is 3.13. The Morgan fingerprint density at radius 2 is 1.90 bits per heavy atom. The van der Waals surface area contributed by atoms with Crippen LogP contribution in [0.5, 0.6) is 0 Å². The maximum absolute atomic E-state index is 9.37. The van der Waals surface area contributed by atoms with Crippen LogP contribution in [0.2, 0.25) is 0 Å². The smallest absolute Gasteiger partial charge is 0.107 e. The summed E-state index contributed by atoms with van der Waals surface area (Å²) in [5.74, 6) is 0.513. The first-order valence-corrected chi connectivity index (χ1v) is 4.20. The Kier molecular flexibility index (Phi) is 3.16. The first-order chi connectivity index (χ1) is 4.84. The SMILES string of the molecule is CNC(O)C1CCCCC1. The molecule has 2 N–H and O–H groups in total. The van der Waals surface area contributed by atoms with Gasteiger partial charge in [0.05, 0.1) is 0 Å². The molecular weight excluding hydrogens is 126 g/mol. The third kappa shape index (κ3) is 1.96. The number of aliphatic hydroxyl groups is 1. The Labute approximate surface area is 62.6 Å². The second kappa shape index (κ2) is 3.94. The lowest BCUT2D eigenvalue weighted by atomic mass is 9.88. The Hall–Kier alpha value is -0.0800. The molecule has 0 spiro atoms. The summed E-state index contributed by atoms with van der Waals surface area (Å²) in [6.07, 6.45) is 6.07. The van der Waals surface area contributed by atoms with Crippen LogP contribution < -0.4 is 5.32 Å². The highest BCUT2D eigenvalue weighted by Gasteiger charge is 2.19. The Bertz CT molecular complexity index is 89.3. The molecule has 0 aliphatic heterocycles. The van der Waals surface area contributed by atoms with Gasteiger partial charge >= 0.3 is 0 Å². The summed E-state index contributed by atoms with van der Waals surface area (Å²) in [6, 6.07) is 0. The van der Waals surface area contributed by atoms with Crippen LogP contribution >= 0.6 is 0 Å². The van der Waals surface area contributed by atoms with Gasteiger partial charge in [0.15, 0.2) is 0 Å². The summed E-state index contributed by atoms with van der Waals surface area (Å²) in [4.78, 5) is 0. The van der Waals surface area contributed by atoms with Gasteiger partial charge in [0.1, 0.15) is 6.23 Å². The van der Waals surface area contributed by atoms with E-state index in [2.05, 4.69) is 5.32 Å². The van der Waals surface area contributed by atoms with Gasteiger partial charge in [-0.25, -0.2) is 0 Å². The fraction of sp³-hybridized carbons (Fsp3) is 1.00. The van der Waals surface area contributed by atoms with E-state index in [1.807, 2.05) is 7.05 Å². The molecule has 1 fully saturated rings. The summed E-state index contributed by atoms with van der Waals surface area (Å²) >= 11 is 0. The molecule has 2 heteroatoms. The zero-order valence-corrected chi connectivity index (χ0v) is 6.64. The molecule has 0 aromatic rings. The summed E-state index contributed by atoms with van der Waals surface area (Å²) in [5, 5.41) is 12.3.